The molecule has 1 saturated carbocycles. The number of hydrogen-bond donors (Lipinski definition) is 3. The largest absolute Gasteiger partial charge is 0.408 e. The third-order valence-corrected chi connectivity index (χ3v) is 7.25. The van der Waals surface area contributed by atoms with Crippen molar-refractivity contribution in [2.75, 3.05) is 13.3 Å². The van der Waals surface area contributed by atoms with E-state index in [0.29, 0.717) is 17.1 Å². The fourth-order valence-electron chi connectivity index (χ4n) is 3.38. The summed E-state index contributed by atoms with van der Waals surface area (Å²) in [5.74, 6) is 0. The Morgan fingerprint density at radius 2 is 2.22 bits per heavy atom. The Bertz CT molecular complexity index is 1310. The van der Waals surface area contributed by atoms with Crippen molar-refractivity contribution in [3.63, 3.8) is 0 Å². The Kier molecular flexibility index (Phi) is 5.53. The molecule has 1 aliphatic carbocycles. The minimum atomic E-state index is -4.54. The number of pyridine rings is 1. The first kappa shape index (κ1) is 22.0. The second-order valence-corrected chi connectivity index (χ2v) is 10.0. The number of hydrogen-bond acceptors (Lipinski definition) is 7. The Morgan fingerprint density at radius 3 is 2.78 bits per heavy atom. The molecule has 0 radical (unpaired) electrons. The molecule has 1 fully saturated rings. The van der Waals surface area contributed by atoms with Crippen molar-refractivity contribution < 1.29 is 17.4 Å². The lowest BCUT2D eigenvalue weighted by atomic mass is 10.2. The maximum Gasteiger partial charge on any atom is 0.408 e. The van der Waals surface area contributed by atoms with E-state index in [1.165, 1.54) is 24.6 Å². The lowest BCUT2D eigenvalue weighted by Gasteiger charge is -2.12. The molecule has 9 nitrogen and oxygen atoms in total. The van der Waals surface area contributed by atoms with Crippen LogP contribution in [0.25, 0.3) is 28.1 Å². The molecule has 1 aliphatic rings. The van der Waals surface area contributed by atoms with Crippen LogP contribution in [0.2, 0.25) is 0 Å². The zero-order chi connectivity index (χ0) is 23.1. The molecule has 0 amide bonds. The Morgan fingerprint density at radius 1 is 1.47 bits per heavy atom. The van der Waals surface area contributed by atoms with E-state index in [1.54, 1.807) is 13.1 Å². The maximum atomic E-state index is 13.4. The van der Waals surface area contributed by atoms with Gasteiger partial charge in [0.15, 0.2) is 0 Å². The lowest BCUT2D eigenvalue weighted by molar-refractivity contribution is -0.141. The number of halogens is 3. The average Bonchev–Trinajstić information content (AvgIpc) is 3.34. The maximum absolute atomic E-state index is 13.4. The fraction of sp³-hybridized carbons (Fsp3) is 0.368. The molecule has 13 heteroatoms. The summed E-state index contributed by atoms with van der Waals surface area (Å²) < 4.78 is 58.4. The van der Waals surface area contributed by atoms with E-state index in [9.17, 15) is 17.4 Å². The molecule has 0 spiro atoms. The van der Waals surface area contributed by atoms with Crippen LogP contribution in [0.15, 0.2) is 28.8 Å². The number of aromatic amines is 1. The van der Waals surface area contributed by atoms with Crippen molar-refractivity contribution in [3.8, 4) is 11.4 Å². The zero-order valence-electron chi connectivity index (χ0n) is 17.3. The highest BCUT2D eigenvalue weighted by Crippen LogP contribution is 2.38. The van der Waals surface area contributed by atoms with Crippen LogP contribution in [0, 0.1) is 5.41 Å². The van der Waals surface area contributed by atoms with Crippen LogP contribution >= 0.6 is 0 Å². The van der Waals surface area contributed by atoms with Gasteiger partial charge in [0.1, 0.15) is 29.0 Å². The zero-order valence-corrected chi connectivity index (χ0v) is 18.1. The second kappa shape index (κ2) is 8.04. The smallest absolute Gasteiger partial charge is 0.386 e. The van der Waals surface area contributed by atoms with Crippen molar-refractivity contribution in [2.45, 2.75) is 30.8 Å². The molecule has 4 rings (SSSR count). The number of nitrogens with one attached hydrogen (secondary N) is 3. The molecule has 170 valence electrons. The molecule has 0 aromatic carbocycles. The van der Waals surface area contributed by atoms with Gasteiger partial charge in [-0.25, -0.2) is 9.19 Å². The molecule has 32 heavy (non-hydrogen) atoms. The SMILES string of the molecule is CN/C(=C\C=N)c1cc(N=S(C)(=O)C2CC2)c2c(n1)c(-c1ccn[nH]1)nn2CC(F)(F)F. The van der Waals surface area contributed by atoms with Crippen LogP contribution in [0.3, 0.4) is 0 Å². The van der Waals surface area contributed by atoms with Gasteiger partial charge >= 0.3 is 6.18 Å². The number of rotatable bonds is 7. The minimum Gasteiger partial charge on any atom is -0.386 e. The summed E-state index contributed by atoms with van der Waals surface area (Å²) in [7, 11) is -1.05. The molecule has 3 heterocycles. The molecular weight excluding hydrogens is 445 g/mol. The lowest BCUT2D eigenvalue weighted by Crippen LogP contribution is -2.18. The molecule has 3 aromatic rings. The average molecular weight is 466 g/mol. The van der Waals surface area contributed by atoms with Gasteiger partial charge in [0.2, 0.25) is 0 Å². The third kappa shape index (κ3) is 4.38. The van der Waals surface area contributed by atoms with Crippen LogP contribution in [-0.2, 0) is 16.3 Å². The third-order valence-electron chi connectivity index (χ3n) is 4.98. The summed E-state index contributed by atoms with van der Waals surface area (Å²) in [6.45, 7) is -1.36. The van der Waals surface area contributed by atoms with E-state index < -0.39 is 22.5 Å². The first-order chi connectivity index (χ1) is 15.1. The summed E-state index contributed by atoms with van der Waals surface area (Å²) in [6, 6.07) is 3.05. The van der Waals surface area contributed by atoms with Crippen molar-refractivity contribution in [1.29, 1.82) is 5.41 Å². The van der Waals surface area contributed by atoms with Gasteiger partial charge in [0, 0.05) is 31.0 Å². The van der Waals surface area contributed by atoms with E-state index >= 15 is 0 Å². The topological polar surface area (TPSA) is 125 Å². The van der Waals surface area contributed by atoms with Crippen molar-refractivity contribution in [3.05, 3.63) is 30.1 Å². The van der Waals surface area contributed by atoms with Crippen molar-refractivity contribution >= 4 is 38.4 Å². The van der Waals surface area contributed by atoms with E-state index in [-0.39, 0.29) is 27.7 Å². The predicted molar refractivity (Wildman–Crippen MR) is 116 cm³/mol. The molecule has 0 aliphatic heterocycles. The highest BCUT2D eigenvalue weighted by molar-refractivity contribution is 7.93. The van der Waals surface area contributed by atoms with Gasteiger partial charge < -0.3 is 10.7 Å². The summed E-state index contributed by atoms with van der Waals surface area (Å²) in [5, 5.41) is 20.9. The van der Waals surface area contributed by atoms with Gasteiger partial charge in [-0.1, -0.05) is 0 Å². The second-order valence-electron chi connectivity index (χ2n) is 7.46. The molecule has 0 saturated heterocycles. The molecule has 3 aromatic heterocycles. The van der Waals surface area contributed by atoms with Gasteiger partial charge in [0.05, 0.1) is 26.8 Å². The Hall–Kier alpha value is -3.22. The Labute approximate surface area is 181 Å². The first-order valence-corrected chi connectivity index (χ1v) is 11.7. The van der Waals surface area contributed by atoms with Gasteiger partial charge in [0.25, 0.3) is 0 Å². The summed E-state index contributed by atoms with van der Waals surface area (Å²) in [5.41, 5.74) is 1.64. The Balaban J connectivity index is 2.08. The number of alkyl halides is 3. The molecular formula is C19H21F3N8OS. The normalized spacial score (nSPS) is 16.7. The number of nitrogens with zero attached hydrogens (tertiary/aromatic N) is 5. The predicted octanol–water partition coefficient (Wildman–Crippen LogP) is 3.49. The molecule has 0 bridgehead atoms. The van der Waals surface area contributed by atoms with Gasteiger partial charge in [-0.2, -0.15) is 27.7 Å². The van der Waals surface area contributed by atoms with Crippen molar-refractivity contribution in [2.24, 2.45) is 4.36 Å². The van der Waals surface area contributed by atoms with Gasteiger partial charge in [-0.05, 0) is 31.1 Å². The first-order valence-electron chi connectivity index (χ1n) is 9.71. The van der Waals surface area contributed by atoms with Crippen LogP contribution in [0.5, 0.6) is 0 Å². The quantitative estimate of drug-likeness (QED) is 0.460. The van der Waals surface area contributed by atoms with E-state index in [4.69, 9.17) is 5.41 Å². The summed E-state index contributed by atoms with van der Waals surface area (Å²) in [4.78, 5) is 4.54. The van der Waals surface area contributed by atoms with Crippen LogP contribution in [0.1, 0.15) is 18.5 Å². The van der Waals surface area contributed by atoms with Gasteiger partial charge in [-0.15, -0.1) is 0 Å². The number of H-pyrrole nitrogens is 1. The monoisotopic (exact) mass is 466 g/mol. The van der Waals surface area contributed by atoms with Crippen LogP contribution < -0.4 is 5.32 Å². The van der Waals surface area contributed by atoms with Crippen molar-refractivity contribution in [1.82, 2.24) is 30.3 Å². The standard InChI is InChI=1S/C19H21F3N8OS/c1-24-12(5-7-23)14-9-15(29-32(2,31)11-3-4-11)18-17(26-14)16(13-6-8-25-27-13)28-30(18)10-19(20,21)22/h5-9,11,23-24H,3-4,10H2,1-2H3,(H,25,27)/b12-5-,23-7?. The summed E-state index contributed by atoms with van der Waals surface area (Å²) >= 11 is 0. The van der Waals surface area contributed by atoms with E-state index in [2.05, 4.69) is 30.0 Å². The number of aromatic nitrogens is 5. The van der Waals surface area contributed by atoms with Gasteiger partial charge in [-0.3, -0.25) is 9.78 Å². The fourth-order valence-corrected chi connectivity index (χ4v) is 5.07. The van der Waals surface area contributed by atoms with Crippen LogP contribution in [0.4, 0.5) is 18.9 Å². The molecule has 1 atom stereocenters. The molecule has 3 N–H and O–H groups in total. The highest BCUT2D eigenvalue weighted by Gasteiger charge is 2.33. The van der Waals surface area contributed by atoms with E-state index in [1.807, 2.05) is 0 Å². The number of allylic oxidation sites excluding steroid dienone is 1. The highest BCUT2D eigenvalue weighted by atomic mass is 32.2. The minimum absolute atomic E-state index is 0.0382. The number of fused-ring (bicyclic) bond motifs is 1. The molecule has 1 unspecified atom stereocenters. The van der Waals surface area contributed by atoms with Crippen LogP contribution in [-0.4, -0.2) is 60.1 Å². The summed E-state index contributed by atoms with van der Waals surface area (Å²) in [6.07, 6.45) is 2.47. The van der Waals surface area contributed by atoms with E-state index in [0.717, 1.165) is 23.7 Å².